The Hall–Kier alpha value is -3.54. The van der Waals surface area contributed by atoms with Crippen molar-refractivity contribution in [2.24, 2.45) is 0 Å². The predicted octanol–water partition coefficient (Wildman–Crippen LogP) is 3.88. The summed E-state index contributed by atoms with van der Waals surface area (Å²) < 4.78 is 11.1. The van der Waals surface area contributed by atoms with E-state index in [1.807, 2.05) is 0 Å². The fourth-order valence-electron chi connectivity index (χ4n) is 3.64. The first kappa shape index (κ1) is 19.2. The number of rotatable bonds is 5. The summed E-state index contributed by atoms with van der Waals surface area (Å²) in [6, 6.07) is 13.8. The number of phenolic OH excluding ortho intramolecular Hbond substituents is 4. The summed E-state index contributed by atoms with van der Waals surface area (Å²) in [5.74, 6) is 0.463. The zero-order valence-electron chi connectivity index (χ0n) is 15.8. The molecule has 0 heterocycles. The van der Waals surface area contributed by atoms with Crippen LogP contribution in [0.15, 0.2) is 54.6 Å². The van der Waals surface area contributed by atoms with Crippen LogP contribution in [-0.4, -0.2) is 34.6 Å². The van der Waals surface area contributed by atoms with Gasteiger partial charge >= 0.3 is 0 Å². The lowest BCUT2D eigenvalue weighted by atomic mass is 9.69. The first-order valence-electron chi connectivity index (χ1n) is 8.59. The standard InChI is InChI=1S/C22H22O6/c1-22(15-9-7-13(23)11-17(15)25,16-10-8-14(24)12-18(16)26)21-19(27-2)5-4-6-20(21)28-3/h4-12,23-26H,1-3H3. The van der Waals surface area contributed by atoms with Gasteiger partial charge in [-0.1, -0.05) is 18.2 Å². The minimum absolute atomic E-state index is 0.0921. The van der Waals surface area contributed by atoms with E-state index in [1.54, 1.807) is 37.3 Å². The van der Waals surface area contributed by atoms with Crippen LogP contribution < -0.4 is 9.47 Å². The van der Waals surface area contributed by atoms with Crippen LogP contribution >= 0.6 is 0 Å². The highest BCUT2D eigenvalue weighted by molar-refractivity contribution is 5.65. The molecular formula is C22H22O6. The monoisotopic (exact) mass is 382 g/mol. The zero-order chi connectivity index (χ0) is 20.5. The number of hydrogen-bond donors (Lipinski definition) is 4. The molecular weight excluding hydrogens is 360 g/mol. The highest BCUT2D eigenvalue weighted by atomic mass is 16.5. The van der Waals surface area contributed by atoms with Gasteiger partial charge in [0.25, 0.3) is 0 Å². The summed E-state index contributed by atoms with van der Waals surface area (Å²) in [5, 5.41) is 40.8. The van der Waals surface area contributed by atoms with E-state index in [1.165, 1.54) is 38.5 Å². The van der Waals surface area contributed by atoms with E-state index in [9.17, 15) is 20.4 Å². The zero-order valence-corrected chi connectivity index (χ0v) is 15.8. The van der Waals surface area contributed by atoms with Crippen LogP contribution in [0.1, 0.15) is 23.6 Å². The summed E-state index contributed by atoms with van der Waals surface area (Å²) in [6.07, 6.45) is 0. The van der Waals surface area contributed by atoms with Gasteiger partial charge in [0.15, 0.2) is 0 Å². The Kier molecular flexibility index (Phi) is 4.96. The third-order valence-electron chi connectivity index (χ3n) is 4.97. The normalized spacial score (nSPS) is 11.2. The first-order chi connectivity index (χ1) is 13.3. The van der Waals surface area contributed by atoms with E-state index < -0.39 is 5.41 Å². The van der Waals surface area contributed by atoms with Gasteiger partial charge in [0, 0.05) is 23.3 Å². The molecule has 0 aliphatic rings. The molecule has 6 nitrogen and oxygen atoms in total. The number of aromatic hydroxyl groups is 4. The lowest BCUT2D eigenvalue weighted by Gasteiger charge is -2.35. The van der Waals surface area contributed by atoms with Crippen molar-refractivity contribution in [1.29, 1.82) is 0 Å². The second-order valence-corrected chi connectivity index (χ2v) is 6.57. The maximum Gasteiger partial charge on any atom is 0.127 e. The van der Waals surface area contributed by atoms with Crippen molar-refractivity contribution in [1.82, 2.24) is 0 Å². The smallest absolute Gasteiger partial charge is 0.127 e. The average molecular weight is 382 g/mol. The highest BCUT2D eigenvalue weighted by Crippen LogP contribution is 2.52. The Balaban J connectivity index is 2.46. The van der Waals surface area contributed by atoms with E-state index in [2.05, 4.69) is 0 Å². The second kappa shape index (κ2) is 7.23. The Bertz CT molecular complexity index is 938. The number of hydrogen-bond acceptors (Lipinski definition) is 6. The van der Waals surface area contributed by atoms with Crippen molar-refractivity contribution in [3.8, 4) is 34.5 Å². The maximum absolute atomic E-state index is 10.6. The Morgan fingerprint density at radius 2 is 1.11 bits per heavy atom. The van der Waals surface area contributed by atoms with E-state index in [4.69, 9.17) is 9.47 Å². The van der Waals surface area contributed by atoms with Crippen molar-refractivity contribution in [2.75, 3.05) is 14.2 Å². The molecule has 0 atom stereocenters. The van der Waals surface area contributed by atoms with Gasteiger partial charge in [-0.2, -0.15) is 0 Å². The van der Waals surface area contributed by atoms with Gasteiger partial charge in [-0.15, -0.1) is 0 Å². The number of methoxy groups -OCH3 is 2. The number of phenols is 4. The van der Waals surface area contributed by atoms with Crippen LogP contribution in [0.2, 0.25) is 0 Å². The predicted molar refractivity (Wildman–Crippen MR) is 105 cm³/mol. The molecule has 0 saturated carbocycles. The molecule has 3 rings (SSSR count). The molecule has 0 spiro atoms. The van der Waals surface area contributed by atoms with Crippen LogP contribution in [0.3, 0.4) is 0 Å². The molecule has 3 aromatic carbocycles. The van der Waals surface area contributed by atoms with Crippen molar-refractivity contribution in [2.45, 2.75) is 12.3 Å². The fraction of sp³-hybridized carbons (Fsp3) is 0.182. The van der Waals surface area contributed by atoms with Crippen molar-refractivity contribution < 1.29 is 29.9 Å². The Morgan fingerprint density at radius 1 is 0.679 bits per heavy atom. The highest BCUT2D eigenvalue weighted by Gasteiger charge is 2.40. The van der Waals surface area contributed by atoms with Gasteiger partial charge in [-0.25, -0.2) is 0 Å². The van der Waals surface area contributed by atoms with Crippen molar-refractivity contribution in [3.63, 3.8) is 0 Å². The minimum atomic E-state index is -1.15. The van der Waals surface area contributed by atoms with Crippen LogP contribution in [-0.2, 0) is 5.41 Å². The lowest BCUT2D eigenvalue weighted by molar-refractivity contribution is 0.369. The van der Waals surface area contributed by atoms with Crippen LogP contribution in [0, 0.1) is 0 Å². The average Bonchev–Trinajstić information content (AvgIpc) is 2.66. The van der Waals surface area contributed by atoms with Gasteiger partial charge in [-0.05, 0) is 31.2 Å². The number of benzene rings is 3. The molecule has 0 saturated heterocycles. The van der Waals surface area contributed by atoms with Gasteiger partial charge in [0.1, 0.15) is 34.5 Å². The third kappa shape index (κ3) is 3.03. The Labute approximate surface area is 162 Å². The lowest BCUT2D eigenvalue weighted by Crippen LogP contribution is -2.27. The van der Waals surface area contributed by atoms with Gasteiger partial charge in [0.2, 0.25) is 0 Å². The van der Waals surface area contributed by atoms with E-state index in [0.29, 0.717) is 28.2 Å². The molecule has 0 unspecified atom stereocenters. The first-order valence-corrected chi connectivity index (χ1v) is 8.59. The van der Waals surface area contributed by atoms with E-state index >= 15 is 0 Å². The molecule has 0 radical (unpaired) electrons. The Morgan fingerprint density at radius 3 is 1.46 bits per heavy atom. The molecule has 0 aliphatic carbocycles. The molecule has 0 amide bonds. The quantitative estimate of drug-likeness (QED) is 0.500. The van der Waals surface area contributed by atoms with Crippen LogP contribution in [0.5, 0.6) is 34.5 Å². The molecule has 0 fully saturated rings. The molecule has 146 valence electrons. The van der Waals surface area contributed by atoms with Gasteiger partial charge in [0.05, 0.1) is 25.2 Å². The summed E-state index contributed by atoms with van der Waals surface area (Å²) >= 11 is 0. The number of ether oxygens (including phenoxy) is 2. The summed E-state index contributed by atoms with van der Waals surface area (Å²) in [7, 11) is 3.04. The second-order valence-electron chi connectivity index (χ2n) is 6.57. The van der Waals surface area contributed by atoms with Gasteiger partial charge < -0.3 is 29.9 Å². The molecule has 0 bridgehead atoms. The minimum Gasteiger partial charge on any atom is -0.508 e. The van der Waals surface area contributed by atoms with E-state index in [-0.39, 0.29) is 23.0 Å². The molecule has 6 heteroatoms. The van der Waals surface area contributed by atoms with Gasteiger partial charge in [-0.3, -0.25) is 0 Å². The van der Waals surface area contributed by atoms with Crippen molar-refractivity contribution >= 4 is 0 Å². The summed E-state index contributed by atoms with van der Waals surface area (Å²) in [6.45, 7) is 1.80. The topological polar surface area (TPSA) is 99.4 Å². The molecule has 0 aliphatic heterocycles. The SMILES string of the molecule is COc1cccc(OC)c1C(C)(c1ccc(O)cc1O)c1ccc(O)cc1O. The van der Waals surface area contributed by atoms with Crippen LogP contribution in [0.4, 0.5) is 0 Å². The molecule has 4 N–H and O–H groups in total. The molecule has 28 heavy (non-hydrogen) atoms. The molecule has 0 aromatic heterocycles. The molecule has 3 aromatic rings. The largest absolute Gasteiger partial charge is 0.508 e. The maximum atomic E-state index is 10.6. The summed E-state index contributed by atoms with van der Waals surface area (Å²) in [5.41, 5.74) is 0.248. The van der Waals surface area contributed by atoms with E-state index in [0.717, 1.165) is 0 Å². The summed E-state index contributed by atoms with van der Waals surface area (Å²) in [4.78, 5) is 0. The third-order valence-corrected chi connectivity index (χ3v) is 4.97. The van der Waals surface area contributed by atoms with Crippen LogP contribution in [0.25, 0.3) is 0 Å². The van der Waals surface area contributed by atoms with Crippen molar-refractivity contribution in [3.05, 3.63) is 71.3 Å². The fourth-order valence-corrected chi connectivity index (χ4v) is 3.64.